The van der Waals surface area contributed by atoms with Crippen LogP contribution in [0.25, 0.3) is 0 Å². The lowest BCUT2D eigenvalue weighted by Gasteiger charge is -2.28. The molecule has 0 unspecified atom stereocenters. The van der Waals surface area contributed by atoms with Crippen molar-refractivity contribution < 1.29 is 14.7 Å². The van der Waals surface area contributed by atoms with E-state index in [1.807, 2.05) is 0 Å². The van der Waals surface area contributed by atoms with Gasteiger partial charge in [0.05, 0.1) is 12.1 Å². The molecule has 0 saturated heterocycles. The van der Waals surface area contributed by atoms with Crippen LogP contribution in [-0.4, -0.2) is 29.1 Å². The summed E-state index contributed by atoms with van der Waals surface area (Å²) < 4.78 is 0. The Hall–Kier alpha value is -1.88. The summed E-state index contributed by atoms with van der Waals surface area (Å²) in [7, 11) is 0. The second-order valence-corrected chi connectivity index (χ2v) is 4.87. The van der Waals surface area contributed by atoms with Crippen LogP contribution in [0.2, 0.25) is 0 Å². The highest BCUT2D eigenvalue weighted by Gasteiger charge is 2.24. The lowest BCUT2D eigenvalue weighted by Crippen LogP contribution is -2.45. The third kappa shape index (κ3) is 3.32. The molecule has 2 atom stereocenters. The fourth-order valence-electron chi connectivity index (χ4n) is 2.32. The average Bonchev–Trinajstić information content (AvgIpc) is 2.41. The Balaban J connectivity index is 2.01. The maximum Gasteiger partial charge on any atom is 0.251 e. The highest BCUT2D eigenvalue weighted by molar-refractivity contribution is 5.97. The number of aliphatic hydroxyl groups is 1. The van der Waals surface area contributed by atoms with Crippen molar-refractivity contribution >= 4 is 11.8 Å². The van der Waals surface area contributed by atoms with Crippen LogP contribution in [0.3, 0.4) is 0 Å². The summed E-state index contributed by atoms with van der Waals surface area (Å²) in [6, 6.07) is 5.98. The number of carbonyl (C=O) groups excluding carboxylic acids is 2. The van der Waals surface area contributed by atoms with E-state index in [0.29, 0.717) is 11.1 Å². The van der Waals surface area contributed by atoms with Crippen molar-refractivity contribution in [3.63, 3.8) is 0 Å². The van der Waals surface area contributed by atoms with E-state index in [1.165, 1.54) is 12.1 Å². The second-order valence-electron chi connectivity index (χ2n) is 4.87. The van der Waals surface area contributed by atoms with Crippen LogP contribution >= 0.6 is 0 Å². The second kappa shape index (κ2) is 5.84. The van der Waals surface area contributed by atoms with Gasteiger partial charge in [0.2, 0.25) is 5.91 Å². The molecular weight excluding hydrogens is 244 g/mol. The van der Waals surface area contributed by atoms with Crippen LogP contribution in [0.5, 0.6) is 0 Å². The first-order valence-electron chi connectivity index (χ1n) is 6.46. The van der Waals surface area contributed by atoms with Crippen LogP contribution in [0, 0.1) is 0 Å². The van der Waals surface area contributed by atoms with Crippen molar-refractivity contribution in [2.75, 3.05) is 0 Å². The predicted octanol–water partition coefficient (Wildman–Crippen LogP) is 0.819. The number of hydrogen-bond acceptors (Lipinski definition) is 3. The summed E-state index contributed by atoms with van der Waals surface area (Å²) in [5, 5.41) is 12.6. The monoisotopic (exact) mass is 262 g/mol. The number of carbonyl (C=O) groups is 2. The zero-order valence-corrected chi connectivity index (χ0v) is 10.6. The Morgan fingerprint density at radius 1 is 1.11 bits per heavy atom. The van der Waals surface area contributed by atoms with Crippen LogP contribution in [-0.2, 0) is 0 Å². The van der Waals surface area contributed by atoms with E-state index in [9.17, 15) is 14.7 Å². The smallest absolute Gasteiger partial charge is 0.251 e. The number of benzene rings is 1. The van der Waals surface area contributed by atoms with Crippen molar-refractivity contribution in [2.24, 2.45) is 5.73 Å². The average molecular weight is 262 g/mol. The van der Waals surface area contributed by atoms with Gasteiger partial charge < -0.3 is 16.2 Å². The number of aliphatic hydroxyl groups excluding tert-OH is 1. The molecule has 0 heterocycles. The van der Waals surface area contributed by atoms with Crippen LogP contribution < -0.4 is 11.1 Å². The van der Waals surface area contributed by atoms with Crippen LogP contribution in [0.4, 0.5) is 0 Å². The molecule has 1 aliphatic rings. The van der Waals surface area contributed by atoms with Gasteiger partial charge in [-0.05, 0) is 37.1 Å². The molecule has 1 fully saturated rings. The molecule has 1 aromatic carbocycles. The molecule has 0 radical (unpaired) electrons. The molecule has 1 aromatic rings. The van der Waals surface area contributed by atoms with E-state index in [2.05, 4.69) is 5.32 Å². The summed E-state index contributed by atoms with van der Waals surface area (Å²) in [6.45, 7) is 0. The molecule has 1 aliphatic carbocycles. The highest BCUT2D eigenvalue weighted by atomic mass is 16.3. The molecule has 0 bridgehead atoms. The van der Waals surface area contributed by atoms with E-state index < -0.39 is 12.0 Å². The minimum absolute atomic E-state index is 0.183. The maximum absolute atomic E-state index is 12.0. The molecule has 2 amide bonds. The first-order valence-corrected chi connectivity index (χ1v) is 6.46. The molecule has 102 valence electrons. The minimum Gasteiger partial charge on any atom is -0.391 e. The summed E-state index contributed by atoms with van der Waals surface area (Å²) >= 11 is 0. The molecule has 5 heteroatoms. The molecule has 1 saturated carbocycles. The Labute approximate surface area is 111 Å². The van der Waals surface area contributed by atoms with Crippen molar-refractivity contribution in [3.05, 3.63) is 35.4 Å². The zero-order valence-electron chi connectivity index (χ0n) is 10.6. The van der Waals surface area contributed by atoms with Crippen molar-refractivity contribution in [2.45, 2.75) is 37.8 Å². The van der Waals surface area contributed by atoms with Gasteiger partial charge in [-0.3, -0.25) is 9.59 Å². The van der Waals surface area contributed by atoms with Gasteiger partial charge in [-0.1, -0.05) is 12.8 Å². The molecule has 19 heavy (non-hydrogen) atoms. The summed E-state index contributed by atoms with van der Waals surface area (Å²) in [5.41, 5.74) is 5.97. The normalized spacial score (nSPS) is 22.8. The summed E-state index contributed by atoms with van der Waals surface area (Å²) in [6.07, 6.45) is 3.07. The molecule has 4 N–H and O–H groups in total. The number of primary amides is 1. The van der Waals surface area contributed by atoms with E-state index >= 15 is 0 Å². The van der Waals surface area contributed by atoms with Gasteiger partial charge in [0.25, 0.3) is 5.91 Å². The molecule has 0 spiro atoms. The van der Waals surface area contributed by atoms with Gasteiger partial charge in [-0.15, -0.1) is 0 Å². The maximum atomic E-state index is 12.0. The minimum atomic E-state index is -0.519. The molecule has 2 rings (SSSR count). The van der Waals surface area contributed by atoms with Crippen molar-refractivity contribution in [3.8, 4) is 0 Å². The lowest BCUT2D eigenvalue weighted by molar-refractivity contribution is 0.0717. The number of nitrogens with two attached hydrogens (primary N) is 1. The van der Waals surface area contributed by atoms with E-state index in [-0.39, 0.29) is 11.9 Å². The standard InChI is InChI=1S/C14H18N2O3/c15-13(18)9-5-7-10(8-6-9)14(19)16-11-3-1-2-4-12(11)17/h5-8,11-12,17H,1-4H2,(H2,15,18)(H,16,19)/t11-,12-/m1/s1. The Morgan fingerprint density at radius 3 is 2.26 bits per heavy atom. The van der Waals surface area contributed by atoms with Gasteiger partial charge in [0, 0.05) is 11.1 Å². The fourth-order valence-corrected chi connectivity index (χ4v) is 2.32. The number of nitrogens with one attached hydrogen (secondary N) is 1. The molecule has 0 aliphatic heterocycles. The topological polar surface area (TPSA) is 92.4 Å². The largest absolute Gasteiger partial charge is 0.391 e. The van der Waals surface area contributed by atoms with E-state index in [1.54, 1.807) is 12.1 Å². The quantitative estimate of drug-likeness (QED) is 0.753. The zero-order chi connectivity index (χ0) is 13.8. The predicted molar refractivity (Wildman–Crippen MR) is 70.7 cm³/mol. The Bertz CT molecular complexity index is 470. The van der Waals surface area contributed by atoms with Crippen molar-refractivity contribution in [1.29, 1.82) is 0 Å². The van der Waals surface area contributed by atoms with Gasteiger partial charge in [0.15, 0.2) is 0 Å². The summed E-state index contributed by atoms with van der Waals surface area (Å²) in [4.78, 5) is 22.9. The fraction of sp³-hybridized carbons (Fsp3) is 0.429. The lowest BCUT2D eigenvalue weighted by atomic mass is 9.92. The van der Waals surface area contributed by atoms with Gasteiger partial charge in [-0.25, -0.2) is 0 Å². The van der Waals surface area contributed by atoms with Crippen LogP contribution in [0.15, 0.2) is 24.3 Å². The first-order chi connectivity index (χ1) is 9.08. The van der Waals surface area contributed by atoms with Gasteiger partial charge in [0.1, 0.15) is 0 Å². The Kier molecular flexibility index (Phi) is 4.16. The SMILES string of the molecule is NC(=O)c1ccc(C(=O)N[C@@H]2CCCC[C@H]2O)cc1. The number of rotatable bonds is 3. The molecular formula is C14H18N2O3. The molecule has 5 nitrogen and oxygen atoms in total. The van der Waals surface area contributed by atoms with E-state index in [0.717, 1.165) is 25.7 Å². The van der Waals surface area contributed by atoms with Crippen molar-refractivity contribution in [1.82, 2.24) is 5.32 Å². The van der Waals surface area contributed by atoms with Gasteiger partial charge >= 0.3 is 0 Å². The van der Waals surface area contributed by atoms with Gasteiger partial charge in [-0.2, -0.15) is 0 Å². The van der Waals surface area contributed by atoms with E-state index in [4.69, 9.17) is 5.73 Å². The summed E-state index contributed by atoms with van der Waals surface area (Å²) in [5.74, 6) is -0.753. The third-order valence-corrected chi connectivity index (χ3v) is 3.48. The Morgan fingerprint density at radius 2 is 1.68 bits per heavy atom. The highest BCUT2D eigenvalue weighted by Crippen LogP contribution is 2.18. The molecule has 0 aromatic heterocycles. The first kappa shape index (κ1) is 13.5. The van der Waals surface area contributed by atoms with Crippen LogP contribution in [0.1, 0.15) is 46.4 Å². The third-order valence-electron chi connectivity index (χ3n) is 3.48. The number of hydrogen-bond donors (Lipinski definition) is 3. The number of amides is 2.